The lowest BCUT2D eigenvalue weighted by atomic mass is 9.89. The molecule has 3 heteroatoms. The molecular weight excluding hydrogens is 258 g/mol. The summed E-state index contributed by atoms with van der Waals surface area (Å²) < 4.78 is 0. The third-order valence-corrected chi connectivity index (χ3v) is 4.32. The minimum Gasteiger partial charge on any atom is -0.271 e. The van der Waals surface area contributed by atoms with Gasteiger partial charge in [0.25, 0.3) is 0 Å². The van der Waals surface area contributed by atoms with E-state index in [1.807, 2.05) is 12.1 Å². The zero-order chi connectivity index (χ0) is 15.1. The number of unbranched alkanes of at least 4 members (excludes halogenated alkanes) is 1. The molecule has 0 amide bonds. The zero-order valence-corrected chi connectivity index (χ0v) is 13.2. The average molecular weight is 285 g/mol. The van der Waals surface area contributed by atoms with E-state index in [1.54, 1.807) is 0 Å². The van der Waals surface area contributed by atoms with Crippen molar-refractivity contribution in [3.05, 3.63) is 42.1 Å². The summed E-state index contributed by atoms with van der Waals surface area (Å²) in [5, 5.41) is 1.19. The maximum Gasteiger partial charge on any atom is 0.0705 e. The summed E-state index contributed by atoms with van der Waals surface area (Å²) in [6.07, 6.45) is 5.78. The van der Waals surface area contributed by atoms with Crippen LogP contribution in [0.15, 0.2) is 36.4 Å². The molecule has 114 valence electrons. The lowest BCUT2D eigenvalue weighted by Gasteiger charge is -2.25. The lowest BCUT2D eigenvalue weighted by Crippen LogP contribution is -2.42. The lowest BCUT2D eigenvalue weighted by molar-refractivity contribution is 0.317. The molecule has 3 nitrogen and oxygen atoms in total. The molecule has 0 saturated heterocycles. The van der Waals surface area contributed by atoms with E-state index in [-0.39, 0.29) is 0 Å². The van der Waals surface area contributed by atoms with Gasteiger partial charge in [0.15, 0.2) is 0 Å². The summed E-state index contributed by atoms with van der Waals surface area (Å²) in [6.45, 7) is 4.49. The number of nitrogens with two attached hydrogens (primary N) is 1. The standard InChI is InChI=1S/C18H27N3/c1-3-5-8-14(4-2)18(21-19)13-16-12-11-15-9-6-7-10-17(15)20-16/h6-7,9-12,14,18,21H,3-5,8,13,19H2,1-2H3. The highest BCUT2D eigenvalue weighted by atomic mass is 15.2. The van der Waals surface area contributed by atoms with Crippen molar-refractivity contribution in [3.8, 4) is 0 Å². The monoisotopic (exact) mass is 285 g/mol. The Kier molecular flexibility index (Phi) is 6.15. The number of rotatable bonds is 8. The predicted octanol–water partition coefficient (Wildman–Crippen LogP) is 3.83. The second-order valence-electron chi connectivity index (χ2n) is 5.78. The molecule has 0 fully saturated rings. The van der Waals surface area contributed by atoms with Crippen LogP contribution in [0, 0.1) is 5.92 Å². The molecule has 2 atom stereocenters. The molecule has 0 aliphatic rings. The Morgan fingerprint density at radius 1 is 1.14 bits per heavy atom. The second-order valence-corrected chi connectivity index (χ2v) is 5.78. The largest absolute Gasteiger partial charge is 0.271 e. The highest BCUT2D eigenvalue weighted by molar-refractivity contribution is 5.78. The van der Waals surface area contributed by atoms with Gasteiger partial charge in [-0.2, -0.15) is 0 Å². The SMILES string of the molecule is CCCCC(CC)C(Cc1ccc2ccccc2n1)NN. The molecule has 0 radical (unpaired) electrons. The van der Waals surface area contributed by atoms with Gasteiger partial charge in [0.1, 0.15) is 0 Å². The van der Waals surface area contributed by atoms with Crippen LogP contribution in [-0.4, -0.2) is 11.0 Å². The van der Waals surface area contributed by atoms with Crippen molar-refractivity contribution < 1.29 is 0 Å². The van der Waals surface area contributed by atoms with E-state index >= 15 is 0 Å². The minimum atomic E-state index is 0.301. The topological polar surface area (TPSA) is 50.9 Å². The van der Waals surface area contributed by atoms with Crippen molar-refractivity contribution in [1.82, 2.24) is 10.4 Å². The molecule has 0 spiro atoms. The summed E-state index contributed by atoms with van der Waals surface area (Å²) in [4.78, 5) is 4.76. The summed E-state index contributed by atoms with van der Waals surface area (Å²) in [6, 6.07) is 12.8. The maximum atomic E-state index is 5.80. The van der Waals surface area contributed by atoms with Gasteiger partial charge in [-0.1, -0.05) is 57.4 Å². The Balaban J connectivity index is 2.11. The number of nitrogens with one attached hydrogen (secondary N) is 1. The van der Waals surface area contributed by atoms with Gasteiger partial charge in [0, 0.05) is 23.5 Å². The van der Waals surface area contributed by atoms with E-state index < -0.39 is 0 Å². The predicted molar refractivity (Wildman–Crippen MR) is 89.9 cm³/mol. The number of fused-ring (bicyclic) bond motifs is 1. The average Bonchev–Trinajstić information content (AvgIpc) is 2.54. The summed E-state index contributed by atoms with van der Waals surface area (Å²) in [5.74, 6) is 6.42. The van der Waals surface area contributed by atoms with E-state index in [0.29, 0.717) is 12.0 Å². The molecule has 0 aliphatic heterocycles. The Morgan fingerprint density at radius 2 is 1.95 bits per heavy atom. The molecule has 2 aromatic rings. The van der Waals surface area contributed by atoms with Gasteiger partial charge < -0.3 is 0 Å². The number of hydrazine groups is 1. The van der Waals surface area contributed by atoms with Crippen molar-refractivity contribution >= 4 is 10.9 Å². The van der Waals surface area contributed by atoms with Crippen LogP contribution in [0.25, 0.3) is 10.9 Å². The van der Waals surface area contributed by atoms with Crippen LogP contribution in [0.1, 0.15) is 45.2 Å². The number of pyridine rings is 1. The molecule has 0 saturated carbocycles. The van der Waals surface area contributed by atoms with E-state index in [1.165, 1.54) is 24.6 Å². The molecule has 0 bridgehead atoms. The van der Waals surface area contributed by atoms with Crippen LogP contribution < -0.4 is 11.3 Å². The van der Waals surface area contributed by atoms with E-state index in [2.05, 4.69) is 43.5 Å². The summed E-state index contributed by atoms with van der Waals surface area (Å²) in [5.41, 5.74) is 5.20. The third-order valence-electron chi connectivity index (χ3n) is 4.32. The minimum absolute atomic E-state index is 0.301. The van der Waals surface area contributed by atoms with E-state index in [9.17, 15) is 0 Å². The highest BCUT2D eigenvalue weighted by Crippen LogP contribution is 2.20. The van der Waals surface area contributed by atoms with Gasteiger partial charge in [-0.3, -0.25) is 16.3 Å². The summed E-state index contributed by atoms with van der Waals surface area (Å²) in [7, 11) is 0. The zero-order valence-electron chi connectivity index (χ0n) is 13.2. The van der Waals surface area contributed by atoms with Crippen LogP contribution in [0.2, 0.25) is 0 Å². The highest BCUT2D eigenvalue weighted by Gasteiger charge is 2.19. The quantitative estimate of drug-likeness (QED) is 0.572. The molecule has 2 rings (SSSR count). The smallest absolute Gasteiger partial charge is 0.0705 e. The van der Waals surface area contributed by atoms with Crippen LogP contribution in [0.5, 0.6) is 0 Å². The fraction of sp³-hybridized carbons (Fsp3) is 0.500. The van der Waals surface area contributed by atoms with Crippen molar-refractivity contribution in [2.75, 3.05) is 0 Å². The van der Waals surface area contributed by atoms with Gasteiger partial charge >= 0.3 is 0 Å². The Bertz CT molecular complexity index is 553. The first-order valence-electron chi connectivity index (χ1n) is 8.09. The van der Waals surface area contributed by atoms with Crippen LogP contribution in [0.3, 0.4) is 0 Å². The molecular formula is C18H27N3. The van der Waals surface area contributed by atoms with Gasteiger partial charge in [-0.25, -0.2) is 0 Å². The molecule has 1 aromatic heterocycles. The Labute approximate surface area is 127 Å². The second kappa shape index (κ2) is 8.11. The molecule has 3 N–H and O–H groups in total. The fourth-order valence-electron chi connectivity index (χ4n) is 2.97. The van der Waals surface area contributed by atoms with Crippen LogP contribution >= 0.6 is 0 Å². The van der Waals surface area contributed by atoms with Crippen molar-refractivity contribution in [3.63, 3.8) is 0 Å². The van der Waals surface area contributed by atoms with Crippen LogP contribution in [-0.2, 0) is 6.42 Å². The van der Waals surface area contributed by atoms with Gasteiger partial charge in [0.05, 0.1) is 5.52 Å². The van der Waals surface area contributed by atoms with Gasteiger partial charge in [-0.05, 0) is 24.5 Å². The number of nitrogens with zero attached hydrogens (tertiary/aromatic N) is 1. The number of hydrogen-bond donors (Lipinski definition) is 2. The van der Waals surface area contributed by atoms with E-state index in [0.717, 1.165) is 24.1 Å². The number of para-hydroxylation sites is 1. The van der Waals surface area contributed by atoms with Gasteiger partial charge in [0.2, 0.25) is 0 Å². The molecule has 21 heavy (non-hydrogen) atoms. The molecule has 2 unspecified atom stereocenters. The first-order valence-corrected chi connectivity index (χ1v) is 8.09. The van der Waals surface area contributed by atoms with Crippen molar-refractivity contribution in [2.24, 2.45) is 11.8 Å². The number of benzene rings is 1. The number of hydrogen-bond acceptors (Lipinski definition) is 3. The molecule has 1 heterocycles. The van der Waals surface area contributed by atoms with E-state index in [4.69, 9.17) is 10.8 Å². The third kappa shape index (κ3) is 4.26. The molecule has 1 aromatic carbocycles. The first-order chi connectivity index (χ1) is 10.3. The van der Waals surface area contributed by atoms with Gasteiger partial charge in [-0.15, -0.1) is 0 Å². The first kappa shape index (κ1) is 15.9. The number of aromatic nitrogens is 1. The van der Waals surface area contributed by atoms with Crippen molar-refractivity contribution in [2.45, 2.75) is 52.0 Å². The maximum absolute atomic E-state index is 5.80. The van der Waals surface area contributed by atoms with Crippen molar-refractivity contribution in [1.29, 1.82) is 0 Å². The Hall–Kier alpha value is -1.45. The molecule has 0 aliphatic carbocycles. The van der Waals surface area contributed by atoms with Crippen LogP contribution in [0.4, 0.5) is 0 Å². The normalized spacial score (nSPS) is 14.2. The Morgan fingerprint density at radius 3 is 2.67 bits per heavy atom. The summed E-state index contributed by atoms with van der Waals surface area (Å²) >= 11 is 0. The fourth-order valence-corrected chi connectivity index (χ4v) is 2.97.